The number of carbonyl (C=O) groups excluding carboxylic acids is 2. The Hall–Kier alpha value is -3.38. The van der Waals surface area contributed by atoms with Crippen molar-refractivity contribution in [3.63, 3.8) is 0 Å². The molecule has 2 N–H and O–H groups in total. The smallest absolute Gasteiger partial charge is 0.264 e. The van der Waals surface area contributed by atoms with Gasteiger partial charge in [0.25, 0.3) is 5.91 Å². The third-order valence-corrected chi connectivity index (χ3v) is 12.7. The molecule has 3 aliphatic rings. The van der Waals surface area contributed by atoms with Crippen molar-refractivity contribution in [2.45, 2.75) is 88.3 Å². The number of amides is 2. The Labute approximate surface area is 266 Å². The molecule has 4 heterocycles. The first-order valence-electron chi connectivity index (χ1n) is 16.2. The maximum Gasteiger partial charge on any atom is 0.264 e. The second-order valence-electron chi connectivity index (χ2n) is 13.5. The van der Waals surface area contributed by atoms with Crippen molar-refractivity contribution in [3.8, 4) is 0 Å². The highest BCUT2D eigenvalue weighted by molar-refractivity contribution is 6.71. The molecule has 0 radical (unpaired) electrons. The molecule has 5 atom stereocenters. The summed E-state index contributed by atoms with van der Waals surface area (Å²) < 4.78 is 8.68. The van der Waals surface area contributed by atoms with Crippen LogP contribution in [0.5, 0.6) is 0 Å². The quantitative estimate of drug-likeness (QED) is 0.350. The second-order valence-corrected chi connectivity index (χ2v) is 17.5. The molecule has 3 aromatic rings. The number of benzene rings is 2. The van der Waals surface area contributed by atoms with Gasteiger partial charge in [-0.1, -0.05) is 55.3 Å². The molecule has 0 bridgehead atoms. The molecule has 45 heavy (non-hydrogen) atoms. The van der Waals surface area contributed by atoms with E-state index in [0.717, 1.165) is 48.2 Å². The van der Waals surface area contributed by atoms with Gasteiger partial charge in [0, 0.05) is 55.5 Å². The summed E-state index contributed by atoms with van der Waals surface area (Å²) in [6.45, 7) is 6.93. The first-order valence-corrected chi connectivity index (χ1v) is 19.3. The molecule has 1 unspecified atom stereocenters. The normalized spacial score (nSPS) is 26.3. The van der Waals surface area contributed by atoms with Gasteiger partial charge in [-0.15, -0.1) is 5.10 Å². The number of fused-ring (bicyclic) bond motifs is 2. The third-order valence-electron chi connectivity index (χ3n) is 10.2. The lowest BCUT2D eigenvalue weighted by atomic mass is 9.82. The average molecular weight is 632 g/mol. The van der Waals surface area contributed by atoms with Crippen LogP contribution in [0.2, 0.25) is 18.6 Å². The third kappa shape index (κ3) is 5.64. The summed E-state index contributed by atoms with van der Waals surface area (Å²) in [4.78, 5) is 42.5. The molecule has 0 aliphatic carbocycles. The van der Waals surface area contributed by atoms with Gasteiger partial charge >= 0.3 is 0 Å². The molecular formula is C34H45N5O5Si. The van der Waals surface area contributed by atoms with Crippen LogP contribution in [0.3, 0.4) is 0 Å². The summed E-state index contributed by atoms with van der Waals surface area (Å²) in [6.07, 6.45) is 6.53. The minimum atomic E-state index is -2.83. The first kappa shape index (κ1) is 31.6. The standard InChI is InChI=1S/C34H45N5O5Si/c1-23-32(45(3,4)43)30(17-19-38-21-28(35-36-38)26(22-40)24-12-8-7-9-13-24)44-34(23)27-20-25(15-16-29(27)37(2)33(34)42)39-18-11-6-5-10-14-31(39)41/h7-9,12-13,15-16,20-21,23,26,30,32,40,43H,5-6,10-11,14,17-19,22H2,1-4H3/t23-,26?,30+,32-,34+/m1/s1. The van der Waals surface area contributed by atoms with Gasteiger partial charge in [-0.2, -0.15) is 0 Å². The zero-order valence-corrected chi connectivity index (χ0v) is 27.7. The summed E-state index contributed by atoms with van der Waals surface area (Å²) in [6, 6.07) is 15.6. The maximum atomic E-state index is 14.2. The minimum Gasteiger partial charge on any atom is -0.432 e. The molecule has 240 valence electrons. The van der Waals surface area contributed by atoms with E-state index in [2.05, 4.69) is 10.3 Å². The fourth-order valence-corrected chi connectivity index (χ4v) is 10.5. The van der Waals surface area contributed by atoms with Crippen molar-refractivity contribution in [3.05, 3.63) is 71.5 Å². The van der Waals surface area contributed by atoms with E-state index in [9.17, 15) is 19.5 Å². The van der Waals surface area contributed by atoms with Crippen molar-refractivity contribution >= 4 is 31.5 Å². The van der Waals surface area contributed by atoms with E-state index in [0.29, 0.717) is 31.6 Å². The highest BCUT2D eigenvalue weighted by Gasteiger charge is 2.65. The van der Waals surface area contributed by atoms with Gasteiger partial charge in [-0.25, -0.2) is 0 Å². The van der Waals surface area contributed by atoms with Crippen LogP contribution < -0.4 is 9.80 Å². The lowest BCUT2D eigenvalue weighted by Gasteiger charge is -2.32. The molecule has 10 nitrogen and oxygen atoms in total. The van der Waals surface area contributed by atoms with E-state index in [-0.39, 0.29) is 35.8 Å². The van der Waals surface area contributed by atoms with Crippen molar-refractivity contribution in [1.29, 1.82) is 0 Å². The van der Waals surface area contributed by atoms with Gasteiger partial charge in [-0.3, -0.25) is 14.3 Å². The van der Waals surface area contributed by atoms with Crippen LogP contribution in [0.1, 0.15) is 68.2 Å². The van der Waals surface area contributed by atoms with Gasteiger partial charge in [0.1, 0.15) is 0 Å². The van der Waals surface area contributed by atoms with Crippen molar-refractivity contribution in [2.75, 3.05) is 30.0 Å². The predicted molar refractivity (Wildman–Crippen MR) is 174 cm³/mol. The zero-order valence-electron chi connectivity index (χ0n) is 26.7. The van der Waals surface area contributed by atoms with Gasteiger partial charge in [0.15, 0.2) is 13.9 Å². The van der Waals surface area contributed by atoms with E-state index in [1.165, 1.54) is 0 Å². The number of ether oxygens (including phenoxy) is 1. The van der Waals surface area contributed by atoms with Gasteiger partial charge in [0.2, 0.25) is 5.91 Å². The van der Waals surface area contributed by atoms with E-state index < -0.39 is 20.0 Å². The zero-order chi connectivity index (χ0) is 31.9. The number of hydrogen-bond acceptors (Lipinski definition) is 7. The molecule has 3 aliphatic heterocycles. The Kier molecular flexibility index (Phi) is 8.73. The average Bonchev–Trinajstić information content (AvgIpc) is 3.65. The fraction of sp³-hybridized carbons (Fsp3) is 0.529. The van der Waals surface area contributed by atoms with Crippen molar-refractivity contribution in [1.82, 2.24) is 15.0 Å². The number of hydrogen-bond donors (Lipinski definition) is 2. The number of rotatable bonds is 8. The summed E-state index contributed by atoms with van der Waals surface area (Å²) in [5, 5.41) is 18.8. The topological polar surface area (TPSA) is 121 Å². The van der Waals surface area contributed by atoms with E-state index in [1.54, 1.807) is 16.6 Å². The molecular weight excluding hydrogens is 586 g/mol. The largest absolute Gasteiger partial charge is 0.432 e. The number of likely N-dealkylation sites (N-methyl/N-ethyl adjacent to an activating group) is 1. The number of anilines is 2. The number of aryl methyl sites for hydroxylation is 1. The summed E-state index contributed by atoms with van der Waals surface area (Å²) in [5.41, 5.74) is 2.53. The monoisotopic (exact) mass is 631 g/mol. The van der Waals surface area contributed by atoms with Gasteiger partial charge in [0.05, 0.1) is 30.0 Å². The van der Waals surface area contributed by atoms with Crippen LogP contribution in [0, 0.1) is 5.92 Å². The molecule has 2 amide bonds. The molecule has 2 aromatic carbocycles. The second kappa shape index (κ2) is 12.4. The molecule has 1 aromatic heterocycles. The molecule has 6 rings (SSSR count). The lowest BCUT2D eigenvalue weighted by molar-refractivity contribution is -0.145. The SMILES string of the molecule is C[C@@H]1[C@@H]([Si](C)(C)O)[C@H](CCn2cc(C(CO)c3ccccc3)nn2)O[C@@]12C(=O)N(C)c1ccc(N3CCCCCCC3=O)cc12. The molecule has 2 fully saturated rings. The highest BCUT2D eigenvalue weighted by atomic mass is 28.4. The fourth-order valence-electron chi connectivity index (χ4n) is 7.94. The van der Waals surface area contributed by atoms with E-state index >= 15 is 0 Å². The Morgan fingerprint density at radius 2 is 1.84 bits per heavy atom. The number of carbonyl (C=O) groups is 2. The number of aromatic nitrogens is 3. The van der Waals surface area contributed by atoms with Crippen LogP contribution in [-0.2, 0) is 26.5 Å². The Balaban J connectivity index is 1.29. The maximum absolute atomic E-state index is 14.2. The Morgan fingerprint density at radius 1 is 1.09 bits per heavy atom. The summed E-state index contributed by atoms with van der Waals surface area (Å²) in [5.74, 6) is -0.583. The number of nitrogens with zero attached hydrogens (tertiary/aromatic N) is 5. The van der Waals surface area contributed by atoms with Crippen LogP contribution in [0.4, 0.5) is 11.4 Å². The van der Waals surface area contributed by atoms with Gasteiger partial charge < -0.3 is 24.4 Å². The van der Waals surface area contributed by atoms with Crippen LogP contribution in [0.25, 0.3) is 0 Å². The highest BCUT2D eigenvalue weighted by Crippen LogP contribution is 2.59. The summed E-state index contributed by atoms with van der Waals surface area (Å²) in [7, 11) is -1.05. The minimum absolute atomic E-state index is 0.0824. The van der Waals surface area contributed by atoms with E-state index in [1.807, 2.05) is 79.6 Å². The lowest BCUT2D eigenvalue weighted by Crippen LogP contribution is -2.45. The van der Waals surface area contributed by atoms with Crippen molar-refractivity contribution < 1.29 is 24.2 Å². The van der Waals surface area contributed by atoms with E-state index in [4.69, 9.17) is 4.74 Å². The van der Waals surface area contributed by atoms with Crippen LogP contribution >= 0.6 is 0 Å². The molecule has 0 saturated carbocycles. The van der Waals surface area contributed by atoms with Crippen LogP contribution in [-0.4, -0.2) is 71.3 Å². The van der Waals surface area contributed by atoms with Gasteiger partial charge in [-0.05, 0) is 56.1 Å². The molecule has 11 heteroatoms. The molecule has 2 saturated heterocycles. The van der Waals surface area contributed by atoms with Crippen LogP contribution in [0.15, 0.2) is 54.7 Å². The Bertz CT molecular complexity index is 1540. The first-order chi connectivity index (χ1) is 21.6. The number of aliphatic hydroxyl groups is 1. The number of aliphatic hydroxyl groups excluding tert-OH is 1. The Morgan fingerprint density at radius 3 is 2.58 bits per heavy atom. The predicted octanol–water partition coefficient (Wildman–Crippen LogP) is 4.56. The van der Waals surface area contributed by atoms with Crippen molar-refractivity contribution in [2.24, 2.45) is 5.92 Å². The molecule has 1 spiro atoms. The summed E-state index contributed by atoms with van der Waals surface area (Å²) >= 11 is 0.